The molecule has 0 aromatic heterocycles. The van der Waals surface area contributed by atoms with Crippen LogP contribution in [-0.2, 0) is 9.53 Å². The lowest BCUT2D eigenvalue weighted by Crippen LogP contribution is -2.28. The van der Waals surface area contributed by atoms with E-state index in [4.69, 9.17) is 4.74 Å². The highest BCUT2D eigenvalue weighted by Crippen LogP contribution is 2.32. The van der Waals surface area contributed by atoms with Crippen LogP contribution in [0.4, 0.5) is 10.1 Å². The molecule has 1 saturated heterocycles. The summed E-state index contributed by atoms with van der Waals surface area (Å²) in [6.07, 6.45) is 1.13. The van der Waals surface area contributed by atoms with Crippen molar-refractivity contribution in [3.05, 3.63) is 30.1 Å². The lowest BCUT2D eigenvalue weighted by molar-refractivity contribution is -0.132. The average molecular weight is 314 g/mol. The minimum absolute atomic E-state index is 0.0239. The number of carbonyl (C=O) groups is 1. The first-order valence-corrected chi connectivity index (χ1v) is 8.21. The molecule has 4 nitrogen and oxygen atoms in total. The van der Waals surface area contributed by atoms with Crippen LogP contribution in [0.2, 0.25) is 0 Å². The van der Waals surface area contributed by atoms with E-state index in [-0.39, 0.29) is 10.4 Å². The number of hydrazone groups is 1. The average Bonchev–Trinajstić information content (AvgIpc) is 2.50. The maximum Gasteiger partial charge on any atom is 0.356 e. The number of ether oxygens (including phenoxy) is 1. The minimum atomic E-state index is -0.438. The summed E-state index contributed by atoms with van der Waals surface area (Å²) in [6.45, 7) is 0. The number of carbonyl (C=O) groups excluding carboxylic acids is 1. The molecule has 1 N–H and O–H groups in total. The van der Waals surface area contributed by atoms with Gasteiger partial charge in [-0.3, -0.25) is 5.43 Å². The molecule has 0 aliphatic carbocycles. The number of nitrogens with zero attached hydrogens (tertiary/aromatic N) is 1. The lowest BCUT2D eigenvalue weighted by atomic mass is 10.3. The van der Waals surface area contributed by atoms with Crippen LogP contribution in [0.5, 0.6) is 0 Å². The molecule has 1 fully saturated rings. The summed E-state index contributed by atoms with van der Waals surface area (Å²) in [4.78, 5) is 11.8. The summed E-state index contributed by atoms with van der Waals surface area (Å²) in [6, 6.07) is 5.79. The number of halogens is 1. The Morgan fingerprint density at radius 3 is 2.60 bits per heavy atom. The molecule has 1 heterocycles. The van der Waals surface area contributed by atoms with E-state index in [0.717, 1.165) is 17.9 Å². The fraction of sp³-hybridized carbons (Fsp3) is 0.385. The summed E-state index contributed by atoms with van der Waals surface area (Å²) in [5.41, 5.74) is 3.76. The van der Waals surface area contributed by atoms with E-state index >= 15 is 0 Å². The Bertz CT molecular complexity index is 488. The van der Waals surface area contributed by atoms with E-state index in [1.807, 2.05) is 0 Å². The van der Waals surface area contributed by atoms with Crippen LogP contribution in [0.25, 0.3) is 0 Å². The van der Waals surface area contributed by atoms with Gasteiger partial charge in [0.2, 0.25) is 0 Å². The number of thioether (sulfide) groups is 2. The van der Waals surface area contributed by atoms with Crippen molar-refractivity contribution in [2.45, 2.75) is 11.0 Å². The molecule has 1 aliphatic rings. The summed E-state index contributed by atoms with van der Waals surface area (Å²) in [5.74, 6) is 1.26. The number of hydrogen-bond acceptors (Lipinski definition) is 6. The normalized spacial score (nSPS) is 16.8. The van der Waals surface area contributed by atoms with E-state index in [2.05, 4.69) is 10.5 Å². The van der Waals surface area contributed by atoms with Crippen molar-refractivity contribution in [1.82, 2.24) is 0 Å². The van der Waals surface area contributed by atoms with Crippen LogP contribution in [0.1, 0.15) is 6.42 Å². The Hall–Kier alpha value is -1.21. The van der Waals surface area contributed by atoms with Gasteiger partial charge in [0.25, 0.3) is 0 Å². The van der Waals surface area contributed by atoms with Crippen LogP contribution in [0, 0.1) is 5.82 Å². The van der Waals surface area contributed by atoms with Gasteiger partial charge in [-0.15, -0.1) is 23.5 Å². The number of hydrogen-bond donors (Lipinski definition) is 1. The topological polar surface area (TPSA) is 50.7 Å². The number of methoxy groups -OCH3 is 1. The monoisotopic (exact) mass is 314 g/mol. The molecule has 0 bridgehead atoms. The first-order valence-electron chi connectivity index (χ1n) is 6.11. The standard InChI is InChI=1S/C13H15FN2O2S2/c1-18-12(17)11(13-19-7-2-8-20-13)16-15-10-5-3-9(14)4-6-10/h3-6,13,15H,2,7-8H2,1H3/b16-11+. The summed E-state index contributed by atoms with van der Waals surface area (Å²) in [7, 11) is 1.34. The zero-order chi connectivity index (χ0) is 14.4. The van der Waals surface area contributed by atoms with Gasteiger partial charge in [0.05, 0.1) is 12.8 Å². The van der Waals surface area contributed by atoms with Gasteiger partial charge in [-0.25, -0.2) is 9.18 Å². The molecule has 1 aromatic rings. The molecule has 0 unspecified atom stereocenters. The predicted octanol–water partition coefficient (Wildman–Crippen LogP) is 2.96. The van der Waals surface area contributed by atoms with Gasteiger partial charge in [-0.05, 0) is 42.2 Å². The van der Waals surface area contributed by atoms with Crippen molar-refractivity contribution in [2.75, 3.05) is 24.0 Å². The van der Waals surface area contributed by atoms with Crippen molar-refractivity contribution in [2.24, 2.45) is 5.10 Å². The van der Waals surface area contributed by atoms with Crippen LogP contribution >= 0.6 is 23.5 Å². The maximum atomic E-state index is 12.8. The summed E-state index contributed by atoms with van der Waals surface area (Å²) in [5, 5.41) is 4.15. The number of rotatable bonds is 4. The van der Waals surface area contributed by atoms with E-state index in [0.29, 0.717) is 11.4 Å². The SMILES string of the molecule is COC(=O)/C(=N\Nc1ccc(F)cc1)C1SCCCS1. The Labute approximate surface area is 125 Å². The molecular formula is C13H15FN2O2S2. The zero-order valence-electron chi connectivity index (χ0n) is 11.0. The largest absolute Gasteiger partial charge is 0.464 e. The van der Waals surface area contributed by atoms with Crippen LogP contribution < -0.4 is 5.43 Å². The number of esters is 1. The zero-order valence-corrected chi connectivity index (χ0v) is 12.6. The number of nitrogens with one attached hydrogen (secondary N) is 1. The second kappa shape index (κ2) is 7.54. The number of anilines is 1. The second-order valence-corrected chi connectivity index (χ2v) is 6.76. The third-order valence-electron chi connectivity index (χ3n) is 2.59. The van der Waals surface area contributed by atoms with E-state index in [1.165, 1.54) is 19.2 Å². The quantitative estimate of drug-likeness (QED) is 0.526. The third kappa shape index (κ3) is 4.14. The molecule has 108 valence electrons. The van der Waals surface area contributed by atoms with Crippen LogP contribution in [-0.4, -0.2) is 34.9 Å². The molecule has 0 amide bonds. The van der Waals surface area contributed by atoms with E-state index in [1.54, 1.807) is 35.7 Å². The number of benzene rings is 1. The predicted molar refractivity (Wildman–Crippen MR) is 82.8 cm³/mol. The molecule has 0 atom stereocenters. The molecule has 2 rings (SSSR count). The Morgan fingerprint density at radius 2 is 2.00 bits per heavy atom. The van der Waals surface area contributed by atoms with Crippen molar-refractivity contribution >= 4 is 40.9 Å². The van der Waals surface area contributed by atoms with Crippen molar-refractivity contribution in [3.8, 4) is 0 Å². The smallest absolute Gasteiger partial charge is 0.356 e. The highest BCUT2D eigenvalue weighted by atomic mass is 32.2. The van der Waals surface area contributed by atoms with E-state index in [9.17, 15) is 9.18 Å². The van der Waals surface area contributed by atoms with Gasteiger partial charge in [-0.1, -0.05) is 0 Å². The third-order valence-corrected chi connectivity index (χ3v) is 5.51. The lowest BCUT2D eigenvalue weighted by Gasteiger charge is -2.21. The van der Waals surface area contributed by atoms with Gasteiger partial charge in [-0.2, -0.15) is 5.10 Å². The fourth-order valence-corrected chi connectivity index (χ4v) is 4.40. The maximum absolute atomic E-state index is 12.8. The van der Waals surface area contributed by atoms with Crippen molar-refractivity contribution < 1.29 is 13.9 Å². The Morgan fingerprint density at radius 1 is 1.35 bits per heavy atom. The van der Waals surface area contributed by atoms with Gasteiger partial charge < -0.3 is 4.74 Å². The van der Waals surface area contributed by atoms with Crippen LogP contribution in [0.15, 0.2) is 29.4 Å². The highest BCUT2D eigenvalue weighted by molar-refractivity contribution is 8.18. The second-order valence-electron chi connectivity index (χ2n) is 4.03. The Balaban J connectivity index is 2.10. The summed E-state index contributed by atoms with van der Waals surface area (Å²) < 4.78 is 17.6. The summed E-state index contributed by atoms with van der Waals surface area (Å²) >= 11 is 3.37. The van der Waals surface area contributed by atoms with Crippen molar-refractivity contribution in [3.63, 3.8) is 0 Å². The fourth-order valence-electron chi connectivity index (χ4n) is 1.59. The van der Waals surface area contributed by atoms with Crippen LogP contribution in [0.3, 0.4) is 0 Å². The molecule has 0 saturated carbocycles. The molecule has 7 heteroatoms. The van der Waals surface area contributed by atoms with Gasteiger partial charge in [0.15, 0.2) is 5.71 Å². The van der Waals surface area contributed by atoms with Gasteiger partial charge in [0.1, 0.15) is 10.4 Å². The molecule has 0 spiro atoms. The molecular weight excluding hydrogens is 299 g/mol. The molecule has 0 radical (unpaired) electrons. The highest BCUT2D eigenvalue weighted by Gasteiger charge is 2.27. The molecule has 1 aliphatic heterocycles. The van der Waals surface area contributed by atoms with Gasteiger partial charge >= 0.3 is 5.97 Å². The van der Waals surface area contributed by atoms with E-state index < -0.39 is 5.97 Å². The first-order chi connectivity index (χ1) is 9.70. The minimum Gasteiger partial charge on any atom is -0.464 e. The molecule has 20 heavy (non-hydrogen) atoms. The Kier molecular flexibility index (Phi) is 5.72. The van der Waals surface area contributed by atoms with Gasteiger partial charge in [0, 0.05) is 0 Å². The molecule has 1 aromatic carbocycles. The van der Waals surface area contributed by atoms with Crippen molar-refractivity contribution in [1.29, 1.82) is 0 Å². The first kappa shape index (κ1) is 15.2.